The Balaban J connectivity index is 1.06. The normalized spacial score (nSPS) is 11.6. The number of fused-ring (bicyclic) bond motifs is 5. The van der Waals surface area contributed by atoms with E-state index in [2.05, 4.69) is 71.7 Å². The highest BCUT2D eigenvalue weighted by Gasteiger charge is 2.14. The fraction of sp³-hybridized carbons (Fsp3) is 0. The standard InChI is InChI=1S/C42H24F2N2O/c43-33-21-32(22-34(44)24-33)41-37-6-2-1-5-35(37)36-18-17-31(23-39(36)45-41)30-16-15-28-19-27(13-14-29(28)20-30)25-9-11-26(12-10-25)42-46-38-7-3-4-8-40(38)47-42/h1-24H. The van der Waals surface area contributed by atoms with Crippen LogP contribution in [0, 0.1) is 11.6 Å². The van der Waals surface area contributed by atoms with E-state index in [0.29, 0.717) is 17.1 Å². The molecule has 0 atom stereocenters. The summed E-state index contributed by atoms with van der Waals surface area (Å²) in [7, 11) is 0. The summed E-state index contributed by atoms with van der Waals surface area (Å²) in [5.74, 6) is -0.646. The number of oxazole rings is 1. The van der Waals surface area contributed by atoms with Gasteiger partial charge in [0.1, 0.15) is 17.2 Å². The van der Waals surface area contributed by atoms with Gasteiger partial charge in [-0.25, -0.2) is 18.7 Å². The molecular formula is C42H24F2N2O. The van der Waals surface area contributed by atoms with Crippen molar-refractivity contribution in [2.24, 2.45) is 0 Å². The Hall–Kier alpha value is -6.20. The molecule has 0 fully saturated rings. The van der Waals surface area contributed by atoms with Gasteiger partial charge in [0, 0.05) is 28.0 Å². The van der Waals surface area contributed by atoms with Crippen molar-refractivity contribution in [2.45, 2.75) is 0 Å². The van der Waals surface area contributed by atoms with E-state index in [4.69, 9.17) is 9.40 Å². The Morgan fingerprint density at radius 3 is 1.74 bits per heavy atom. The molecular weight excluding hydrogens is 586 g/mol. The maximum absolute atomic E-state index is 14.2. The molecule has 3 nitrogen and oxygen atoms in total. The van der Waals surface area contributed by atoms with E-state index in [1.165, 1.54) is 12.1 Å². The zero-order valence-corrected chi connectivity index (χ0v) is 24.9. The van der Waals surface area contributed by atoms with E-state index in [9.17, 15) is 8.78 Å². The van der Waals surface area contributed by atoms with Crippen molar-refractivity contribution < 1.29 is 13.2 Å². The van der Waals surface area contributed by atoms with Gasteiger partial charge in [0.15, 0.2) is 5.58 Å². The van der Waals surface area contributed by atoms with E-state index in [1.54, 1.807) is 0 Å². The lowest BCUT2D eigenvalue weighted by Gasteiger charge is -2.12. The number of hydrogen-bond acceptors (Lipinski definition) is 3. The summed E-state index contributed by atoms with van der Waals surface area (Å²) >= 11 is 0. The molecule has 0 bridgehead atoms. The minimum atomic E-state index is -0.629. The van der Waals surface area contributed by atoms with E-state index >= 15 is 0 Å². The first-order valence-corrected chi connectivity index (χ1v) is 15.4. The molecule has 0 saturated carbocycles. The quantitative estimate of drug-likeness (QED) is 0.186. The van der Waals surface area contributed by atoms with Crippen LogP contribution in [0.15, 0.2) is 150 Å². The fourth-order valence-electron chi connectivity index (χ4n) is 6.45. The number of halogens is 2. The zero-order chi connectivity index (χ0) is 31.5. The third-order valence-corrected chi connectivity index (χ3v) is 8.77. The number of rotatable bonds is 4. The average molecular weight is 611 g/mol. The Kier molecular flexibility index (Phi) is 6.18. The highest BCUT2D eigenvalue weighted by Crippen LogP contribution is 2.36. The van der Waals surface area contributed by atoms with Gasteiger partial charge in [-0.05, 0) is 93.0 Å². The van der Waals surface area contributed by atoms with Crippen LogP contribution in [-0.2, 0) is 0 Å². The Bertz CT molecular complexity index is 2610. The van der Waals surface area contributed by atoms with Crippen molar-refractivity contribution in [3.05, 3.63) is 157 Å². The van der Waals surface area contributed by atoms with Gasteiger partial charge in [-0.1, -0.05) is 84.9 Å². The van der Waals surface area contributed by atoms with Gasteiger partial charge in [-0.2, -0.15) is 0 Å². The van der Waals surface area contributed by atoms with Gasteiger partial charge in [0.05, 0.1) is 11.2 Å². The van der Waals surface area contributed by atoms with Gasteiger partial charge < -0.3 is 4.42 Å². The Morgan fingerprint density at radius 1 is 0.404 bits per heavy atom. The van der Waals surface area contributed by atoms with Crippen LogP contribution in [-0.4, -0.2) is 9.97 Å². The minimum Gasteiger partial charge on any atom is -0.436 e. The van der Waals surface area contributed by atoms with Gasteiger partial charge in [0.2, 0.25) is 5.89 Å². The molecule has 222 valence electrons. The van der Waals surface area contributed by atoms with Crippen molar-refractivity contribution in [1.29, 1.82) is 0 Å². The molecule has 0 aliphatic heterocycles. The first-order valence-electron chi connectivity index (χ1n) is 15.4. The summed E-state index contributed by atoms with van der Waals surface area (Å²) in [5, 5.41) is 5.07. The molecule has 0 spiro atoms. The van der Waals surface area contributed by atoms with Crippen molar-refractivity contribution in [3.8, 4) is 45.0 Å². The first-order chi connectivity index (χ1) is 23.1. The average Bonchev–Trinajstić information content (AvgIpc) is 3.55. The van der Waals surface area contributed by atoms with Crippen molar-refractivity contribution in [1.82, 2.24) is 9.97 Å². The van der Waals surface area contributed by atoms with E-state index in [1.807, 2.05) is 60.7 Å². The highest BCUT2D eigenvalue weighted by molar-refractivity contribution is 6.11. The second-order valence-corrected chi connectivity index (χ2v) is 11.7. The maximum atomic E-state index is 14.2. The van der Waals surface area contributed by atoms with Crippen LogP contribution < -0.4 is 0 Å². The third kappa shape index (κ3) is 4.80. The van der Waals surface area contributed by atoms with Gasteiger partial charge in [0.25, 0.3) is 0 Å². The van der Waals surface area contributed by atoms with E-state index in [-0.39, 0.29) is 0 Å². The topological polar surface area (TPSA) is 38.9 Å². The van der Waals surface area contributed by atoms with Gasteiger partial charge >= 0.3 is 0 Å². The molecule has 7 aromatic carbocycles. The fourth-order valence-corrected chi connectivity index (χ4v) is 6.45. The molecule has 2 heterocycles. The molecule has 0 radical (unpaired) electrons. The predicted molar refractivity (Wildman–Crippen MR) is 186 cm³/mol. The smallest absolute Gasteiger partial charge is 0.227 e. The summed E-state index contributed by atoms with van der Waals surface area (Å²) < 4.78 is 34.3. The largest absolute Gasteiger partial charge is 0.436 e. The maximum Gasteiger partial charge on any atom is 0.227 e. The molecule has 0 aliphatic rings. The van der Waals surface area contributed by atoms with Crippen LogP contribution in [0.5, 0.6) is 0 Å². The molecule has 9 aromatic rings. The molecule has 0 N–H and O–H groups in total. The van der Waals surface area contributed by atoms with Gasteiger partial charge in [-0.15, -0.1) is 0 Å². The minimum absolute atomic E-state index is 0.411. The lowest BCUT2D eigenvalue weighted by Crippen LogP contribution is -1.92. The third-order valence-electron chi connectivity index (χ3n) is 8.77. The summed E-state index contributed by atoms with van der Waals surface area (Å²) in [4.78, 5) is 9.56. The number of pyridine rings is 1. The Labute approximate surface area is 268 Å². The molecule has 47 heavy (non-hydrogen) atoms. The van der Waals surface area contributed by atoms with Crippen LogP contribution >= 0.6 is 0 Å². The molecule has 0 saturated heterocycles. The summed E-state index contributed by atoms with van der Waals surface area (Å²) in [6.07, 6.45) is 0. The molecule has 9 rings (SSSR count). The van der Waals surface area contributed by atoms with Gasteiger partial charge in [-0.3, -0.25) is 0 Å². The van der Waals surface area contributed by atoms with Crippen LogP contribution in [0.3, 0.4) is 0 Å². The SMILES string of the molecule is Fc1cc(F)cc(-c2nc3cc(-c4ccc5cc(-c6ccc(-c7nc8ccccc8o7)cc6)ccc5c4)ccc3c3ccccc23)c1. The monoisotopic (exact) mass is 610 g/mol. The molecule has 2 aromatic heterocycles. The lowest BCUT2D eigenvalue weighted by atomic mass is 9.95. The van der Waals surface area contributed by atoms with Crippen LogP contribution in [0.25, 0.3) is 88.5 Å². The highest BCUT2D eigenvalue weighted by atomic mass is 19.1. The number of para-hydroxylation sites is 2. The van der Waals surface area contributed by atoms with Crippen LogP contribution in [0.4, 0.5) is 8.78 Å². The summed E-state index contributed by atoms with van der Waals surface area (Å²) in [6.45, 7) is 0. The number of nitrogens with zero attached hydrogens (tertiary/aromatic N) is 2. The Morgan fingerprint density at radius 2 is 1.00 bits per heavy atom. The van der Waals surface area contributed by atoms with Crippen molar-refractivity contribution in [3.63, 3.8) is 0 Å². The van der Waals surface area contributed by atoms with Crippen molar-refractivity contribution in [2.75, 3.05) is 0 Å². The predicted octanol–water partition coefficient (Wildman–Crippen LogP) is 11.6. The summed E-state index contributed by atoms with van der Waals surface area (Å²) in [5.41, 5.74) is 8.58. The number of hydrogen-bond donors (Lipinski definition) is 0. The molecule has 0 aliphatic carbocycles. The van der Waals surface area contributed by atoms with Crippen LogP contribution in [0.1, 0.15) is 0 Å². The van der Waals surface area contributed by atoms with E-state index < -0.39 is 11.6 Å². The lowest BCUT2D eigenvalue weighted by molar-refractivity contribution is 0.584. The first kappa shape index (κ1) is 27.1. The molecule has 5 heteroatoms. The molecule has 0 amide bonds. The van der Waals surface area contributed by atoms with Crippen LogP contribution in [0.2, 0.25) is 0 Å². The summed E-state index contributed by atoms with van der Waals surface area (Å²) in [6, 6.07) is 46.6. The molecule has 0 unspecified atom stereocenters. The number of benzene rings is 7. The van der Waals surface area contributed by atoms with E-state index in [0.717, 1.165) is 77.4 Å². The number of aromatic nitrogens is 2. The second kappa shape index (κ2) is 10.7. The zero-order valence-electron chi connectivity index (χ0n) is 24.9. The van der Waals surface area contributed by atoms with Crippen molar-refractivity contribution >= 4 is 43.5 Å². The second-order valence-electron chi connectivity index (χ2n) is 11.7.